The van der Waals surface area contributed by atoms with Gasteiger partial charge in [-0.05, 0) is 55.4 Å². The standard InChI is InChI=1S/C20H17NO5/c22-18-16-11-6-7-12(9-11)17(16)19(23)21(18)13-3-1-4-14(10-13)26-20(24)15-5-2-8-25-15/h1-5,8,10-12,16-17H,6-7,9H2. The molecule has 0 N–H and O–H groups in total. The molecule has 0 radical (unpaired) electrons. The van der Waals surface area contributed by atoms with Crippen molar-refractivity contribution in [3.8, 4) is 5.75 Å². The number of carbonyl (C=O) groups excluding carboxylic acids is 3. The fraction of sp³-hybridized carbons (Fsp3) is 0.350. The Hall–Kier alpha value is -2.89. The van der Waals surface area contributed by atoms with Crippen molar-refractivity contribution in [1.82, 2.24) is 0 Å². The van der Waals surface area contributed by atoms with Gasteiger partial charge in [-0.2, -0.15) is 0 Å². The molecule has 2 aromatic rings. The Balaban J connectivity index is 1.42. The molecular formula is C20H17NO5. The van der Waals surface area contributed by atoms with Crippen LogP contribution in [0.5, 0.6) is 5.75 Å². The molecule has 0 spiro atoms. The Kier molecular flexibility index (Phi) is 3.29. The second kappa shape index (κ2) is 5.56. The molecule has 1 aliphatic heterocycles. The van der Waals surface area contributed by atoms with Gasteiger partial charge in [0.15, 0.2) is 0 Å². The van der Waals surface area contributed by atoms with E-state index in [9.17, 15) is 14.4 Å². The molecule has 1 aromatic carbocycles. The second-order valence-corrected chi connectivity index (χ2v) is 7.26. The van der Waals surface area contributed by atoms with Gasteiger partial charge in [-0.1, -0.05) is 6.07 Å². The van der Waals surface area contributed by atoms with E-state index in [2.05, 4.69) is 0 Å². The van der Waals surface area contributed by atoms with Crippen molar-refractivity contribution in [3.63, 3.8) is 0 Å². The minimum absolute atomic E-state index is 0.0924. The lowest BCUT2D eigenvalue weighted by Crippen LogP contribution is -2.32. The molecule has 26 heavy (non-hydrogen) atoms. The first kappa shape index (κ1) is 15.4. The lowest BCUT2D eigenvalue weighted by Gasteiger charge is -2.19. The highest BCUT2D eigenvalue weighted by atomic mass is 16.5. The monoisotopic (exact) mass is 351 g/mol. The molecular weight excluding hydrogens is 334 g/mol. The quantitative estimate of drug-likeness (QED) is 0.483. The zero-order valence-corrected chi connectivity index (χ0v) is 14.0. The van der Waals surface area contributed by atoms with Gasteiger partial charge in [-0.15, -0.1) is 0 Å². The van der Waals surface area contributed by atoms with Crippen LogP contribution in [0.2, 0.25) is 0 Å². The Morgan fingerprint density at radius 1 is 1.04 bits per heavy atom. The molecule has 2 aliphatic carbocycles. The highest BCUT2D eigenvalue weighted by molar-refractivity contribution is 6.22. The summed E-state index contributed by atoms with van der Waals surface area (Å²) in [6.45, 7) is 0. The summed E-state index contributed by atoms with van der Waals surface area (Å²) in [6.07, 6.45) is 4.47. The molecule has 2 heterocycles. The first-order valence-corrected chi connectivity index (χ1v) is 8.87. The van der Waals surface area contributed by atoms with E-state index in [1.165, 1.54) is 17.2 Å². The summed E-state index contributed by atoms with van der Waals surface area (Å²) < 4.78 is 10.3. The zero-order chi connectivity index (χ0) is 17.8. The molecule has 1 aromatic heterocycles. The predicted octanol–water partition coefficient (Wildman–Crippen LogP) is 3.03. The molecule has 4 atom stereocenters. The lowest BCUT2D eigenvalue weighted by molar-refractivity contribution is -0.123. The van der Waals surface area contributed by atoms with Crippen LogP contribution < -0.4 is 9.64 Å². The number of amides is 2. The van der Waals surface area contributed by atoms with Crippen LogP contribution in [0, 0.1) is 23.7 Å². The summed E-state index contributed by atoms with van der Waals surface area (Å²) in [5.74, 6) is -0.145. The third-order valence-electron chi connectivity index (χ3n) is 5.94. The Morgan fingerprint density at radius 3 is 2.42 bits per heavy atom. The van der Waals surface area contributed by atoms with Crippen LogP contribution in [0.3, 0.4) is 0 Å². The topological polar surface area (TPSA) is 76.8 Å². The SMILES string of the molecule is O=C(Oc1cccc(N2C(=O)C3C4CCC(C4)C3C2=O)c1)c1ccco1. The molecule has 4 unspecified atom stereocenters. The average molecular weight is 351 g/mol. The molecule has 2 amide bonds. The van der Waals surface area contributed by atoms with E-state index in [0.29, 0.717) is 17.5 Å². The number of ether oxygens (including phenoxy) is 1. The number of hydrogen-bond donors (Lipinski definition) is 0. The number of esters is 1. The number of fused-ring (bicyclic) bond motifs is 5. The fourth-order valence-corrected chi connectivity index (χ4v) is 4.90. The fourth-order valence-electron chi connectivity index (χ4n) is 4.90. The maximum absolute atomic E-state index is 12.9. The molecule has 2 saturated carbocycles. The minimum atomic E-state index is -0.624. The number of hydrogen-bond acceptors (Lipinski definition) is 5. The number of rotatable bonds is 3. The third-order valence-corrected chi connectivity index (χ3v) is 5.94. The number of imide groups is 1. The number of furan rings is 1. The van der Waals surface area contributed by atoms with Crippen LogP contribution >= 0.6 is 0 Å². The largest absolute Gasteiger partial charge is 0.457 e. The normalized spacial score (nSPS) is 29.3. The molecule has 3 fully saturated rings. The summed E-state index contributed by atoms with van der Waals surface area (Å²) in [5.41, 5.74) is 0.457. The smallest absolute Gasteiger partial charge is 0.379 e. The predicted molar refractivity (Wildman–Crippen MR) is 90.4 cm³/mol. The summed E-state index contributed by atoms with van der Waals surface area (Å²) in [5, 5.41) is 0. The van der Waals surface area contributed by atoms with Crippen LogP contribution in [0.25, 0.3) is 0 Å². The maximum Gasteiger partial charge on any atom is 0.379 e. The molecule has 132 valence electrons. The maximum atomic E-state index is 12.9. The second-order valence-electron chi connectivity index (χ2n) is 7.26. The Labute approximate surface area is 149 Å². The van der Waals surface area contributed by atoms with Crippen molar-refractivity contribution in [2.45, 2.75) is 19.3 Å². The third kappa shape index (κ3) is 2.14. The van der Waals surface area contributed by atoms with E-state index in [1.807, 2.05) is 0 Å². The Morgan fingerprint density at radius 2 is 1.77 bits per heavy atom. The highest BCUT2D eigenvalue weighted by Gasteiger charge is 2.61. The van der Waals surface area contributed by atoms with E-state index in [1.54, 1.807) is 30.3 Å². The molecule has 6 nitrogen and oxygen atoms in total. The van der Waals surface area contributed by atoms with Crippen LogP contribution in [0.1, 0.15) is 29.8 Å². The molecule has 6 heteroatoms. The van der Waals surface area contributed by atoms with Crippen molar-refractivity contribution < 1.29 is 23.5 Å². The lowest BCUT2D eigenvalue weighted by atomic mass is 9.81. The van der Waals surface area contributed by atoms with E-state index in [-0.39, 0.29) is 35.2 Å². The van der Waals surface area contributed by atoms with Crippen molar-refractivity contribution in [3.05, 3.63) is 48.4 Å². The van der Waals surface area contributed by atoms with Crippen molar-refractivity contribution in [2.75, 3.05) is 4.90 Å². The van der Waals surface area contributed by atoms with E-state index < -0.39 is 5.97 Å². The molecule has 5 rings (SSSR count). The van der Waals surface area contributed by atoms with Crippen molar-refractivity contribution in [2.24, 2.45) is 23.7 Å². The van der Waals surface area contributed by atoms with Crippen LogP contribution in [-0.2, 0) is 9.59 Å². The summed E-state index contributed by atoms with van der Waals surface area (Å²) in [6, 6.07) is 9.64. The Bertz CT molecular complexity index is 875. The highest BCUT2D eigenvalue weighted by Crippen LogP contribution is 2.56. The van der Waals surface area contributed by atoms with E-state index in [0.717, 1.165) is 19.3 Å². The van der Waals surface area contributed by atoms with Crippen LogP contribution in [0.4, 0.5) is 5.69 Å². The van der Waals surface area contributed by atoms with Crippen molar-refractivity contribution >= 4 is 23.5 Å². The van der Waals surface area contributed by atoms with E-state index >= 15 is 0 Å². The van der Waals surface area contributed by atoms with Gasteiger partial charge >= 0.3 is 5.97 Å². The first-order valence-electron chi connectivity index (χ1n) is 8.87. The van der Waals surface area contributed by atoms with Gasteiger partial charge in [-0.3, -0.25) is 9.59 Å². The number of carbonyl (C=O) groups is 3. The zero-order valence-electron chi connectivity index (χ0n) is 14.0. The van der Waals surface area contributed by atoms with Crippen LogP contribution in [-0.4, -0.2) is 17.8 Å². The van der Waals surface area contributed by atoms with Gasteiger partial charge in [0, 0.05) is 6.07 Å². The summed E-state index contributed by atoms with van der Waals surface area (Å²) in [4.78, 5) is 39.1. The summed E-state index contributed by atoms with van der Waals surface area (Å²) in [7, 11) is 0. The van der Waals surface area contributed by atoms with Gasteiger partial charge in [0.25, 0.3) is 0 Å². The van der Waals surface area contributed by atoms with Gasteiger partial charge < -0.3 is 9.15 Å². The summed E-state index contributed by atoms with van der Waals surface area (Å²) >= 11 is 0. The number of benzene rings is 1. The van der Waals surface area contributed by atoms with Crippen molar-refractivity contribution in [1.29, 1.82) is 0 Å². The molecule has 2 bridgehead atoms. The van der Waals surface area contributed by atoms with Gasteiger partial charge in [0.1, 0.15) is 5.75 Å². The number of anilines is 1. The van der Waals surface area contributed by atoms with E-state index in [4.69, 9.17) is 9.15 Å². The minimum Gasteiger partial charge on any atom is -0.457 e. The molecule has 3 aliphatic rings. The average Bonchev–Trinajstić information content (AvgIpc) is 3.39. The first-order chi connectivity index (χ1) is 12.6. The van der Waals surface area contributed by atoms with Crippen LogP contribution in [0.15, 0.2) is 47.1 Å². The van der Waals surface area contributed by atoms with Gasteiger partial charge in [0.05, 0.1) is 23.8 Å². The number of nitrogens with zero attached hydrogens (tertiary/aromatic N) is 1. The molecule has 1 saturated heterocycles. The van der Waals surface area contributed by atoms with Gasteiger partial charge in [0.2, 0.25) is 17.6 Å². The van der Waals surface area contributed by atoms with Gasteiger partial charge in [-0.25, -0.2) is 9.69 Å².